The average molecular weight is 884 g/mol. The van der Waals surface area contributed by atoms with E-state index >= 15 is 0 Å². The van der Waals surface area contributed by atoms with E-state index in [9.17, 15) is 0 Å². The standard InChI is InChI=1S/C28H24NS.C18H24NSi.Ir/c1-3-19(4-2)22-15-16-29-26(17-22)25-12-8-11-24-23-14-13-21(18-27(23)30-28(24)25)20-9-6-5-7-10-20;1-14(2)11-16-12-17(15-9-7-6-8-10-15)19-13-18(16)20(3,4)5;/h5-11,13-19H,3-4H2,1-2H3;6-9,12-14H,11H2,1-5H3;/q2*-1;/i19D;11D2;. The summed E-state index contributed by atoms with van der Waals surface area (Å²) in [5, 5.41) is 3.61. The number of hydrogen-bond donors (Lipinski definition) is 0. The minimum absolute atomic E-state index is 0. The Morgan fingerprint density at radius 1 is 0.784 bits per heavy atom. The normalized spacial score (nSPS) is 12.8. The van der Waals surface area contributed by atoms with Gasteiger partial charge < -0.3 is 9.97 Å². The SMILES string of the molecule is [2H]C(CC)(CC)c1ccnc(-c2[c-]ccc3c2sc2cc(-c4ccccc4)ccc23)c1.[2H]C([2H])(c1cc(-c2[c-]cccc2)ncc1[Si](C)(C)C)C(C)C.[Ir]. The first-order valence-electron chi connectivity index (χ1n) is 19.1. The Bertz CT molecular complexity index is 2330. The molecule has 3 heterocycles. The van der Waals surface area contributed by atoms with Crippen LogP contribution in [0.2, 0.25) is 19.6 Å². The van der Waals surface area contributed by atoms with Gasteiger partial charge in [-0.05, 0) is 80.9 Å². The molecule has 263 valence electrons. The Labute approximate surface area is 328 Å². The van der Waals surface area contributed by atoms with E-state index < -0.39 is 20.3 Å². The van der Waals surface area contributed by atoms with Gasteiger partial charge in [0.25, 0.3) is 0 Å². The molecule has 5 heteroatoms. The summed E-state index contributed by atoms with van der Waals surface area (Å²) in [6, 6.07) is 41.7. The van der Waals surface area contributed by atoms with Gasteiger partial charge in [0.15, 0.2) is 0 Å². The van der Waals surface area contributed by atoms with Crippen LogP contribution in [0.5, 0.6) is 0 Å². The summed E-state index contributed by atoms with van der Waals surface area (Å²) in [6.07, 6.45) is 3.94. The van der Waals surface area contributed by atoms with E-state index in [-0.39, 0.29) is 26.0 Å². The molecule has 0 aliphatic heterocycles. The van der Waals surface area contributed by atoms with Gasteiger partial charge >= 0.3 is 0 Å². The number of benzene rings is 4. The van der Waals surface area contributed by atoms with Gasteiger partial charge in [0, 0.05) is 41.3 Å². The van der Waals surface area contributed by atoms with Crippen molar-refractivity contribution in [3.05, 3.63) is 139 Å². The van der Waals surface area contributed by atoms with Crippen LogP contribution in [0.1, 0.15) is 61.7 Å². The smallest absolute Gasteiger partial charge is 0.0798 e. The van der Waals surface area contributed by atoms with Gasteiger partial charge in [0.1, 0.15) is 0 Å². The van der Waals surface area contributed by atoms with Gasteiger partial charge in [-0.15, -0.1) is 59.7 Å². The average Bonchev–Trinajstić information content (AvgIpc) is 3.56. The second kappa shape index (κ2) is 17.2. The minimum atomic E-state index is -1.67. The van der Waals surface area contributed by atoms with E-state index in [1.54, 1.807) is 11.3 Å². The maximum absolute atomic E-state index is 8.84. The van der Waals surface area contributed by atoms with Crippen LogP contribution in [0, 0.1) is 18.1 Å². The minimum Gasteiger partial charge on any atom is -0.305 e. The van der Waals surface area contributed by atoms with Crippen LogP contribution in [0.25, 0.3) is 53.8 Å². The molecule has 0 fully saturated rings. The Hall–Kier alpha value is -3.73. The number of thiophene rings is 1. The van der Waals surface area contributed by atoms with Crippen molar-refractivity contribution in [1.29, 1.82) is 0 Å². The molecule has 0 aliphatic carbocycles. The summed E-state index contributed by atoms with van der Waals surface area (Å²) in [6.45, 7) is 14.7. The van der Waals surface area contributed by atoms with E-state index in [0.29, 0.717) is 0 Å². The van der Waals surface area contributed by atoms with E-state index in [0.717, 1.165) is 51.7 Å². The fourth-order valence-electron chi connectivity index (χ4n) is 6.37. The number of aromatic nitrogens is 2. The van der Waals surface area contributed by atoms with Crippen molar-refractivity contribution in [1.82, 2.24) is 9.97 Å². The van der Waals surface area contributed by atoms with Crippen LogP contribution in [0.4, 0.5) is 0 Å². The van der Waals surface area contributed by atoms with Crippen molar-refractivity contribution in [2.45, 2.75) is 72.4 Å². The van der Waals surface area contributed by atoms with Crippen LogP contribution in [0.3, 0.4) is 0 Å². The topological polar surface area (TPSA) is 25.8 Å². The number of nitrogens with zero attached hydrogens (tertiary/aromatic N) is 2. The number of fused-ring (bicyclic) bond motifs is 3. The number of hydrogen-bond acceptors (Lipinski definition) is 3. The monoisotopic (exact) mass is 884 g/mol. The molecular formula is C46H48IrN2SSi-2. The second-order valence-corrected chi connectivity index (χ2v) is 20.0. The van der Waals surface area contributed by atoms with Crippen LogP contribution < -0.4 is 5.19 Å². The van der Waals surface area contributed by atoms with E-state index in [1.807, 2.05) is 74.8 Å². The molecule has 0 N–H and O–H groups in total. The van der Waals surface area contributed by atoms with Crippen molar-refractivity contribution in [3.8, 4) is 33.6 Å². The molecule has 4 aromatic carbocycles. The predicted molar refractivity (Wildman–Crippen MR) is 220 cm³/mol. The Morgan fingerprint density at radius 3 is 2.24 bits per heavy atom. The third kappa shape index (κ3) is 9.02. The first-order chi connectivity index (χ1) is 25.3. The summed E-state index contributed by atoms with van der Waals surface area (Å²) in [4.78, 5) is 9.25. The van der Waals surface area contributed by atoms with E-state index in [4.69, 9.17) is 4.11 Å². The van der Waals surface area contributed by atoms with Crippen LogP contribution in [0.15, 0.2) is 116 Å². The van der Waals surface area contributed by atoms with Gasteiger partial charge in [0.2, 0.25) is 0 Å². The molecule has 0 atom stereocenters. The van der Waals surface area contributed by atoms with Crippen molar-refractivity contribution < 1.29 is 24.2 Å². The zero-order valence-corrected chi connectivity index (χ0v) is 34.8. The molecule has 0 saturated carbocycles. The van der Waals surface area contributed by atoms with Crippen molar-refractivity contribution in [2.24, 2.45) is 5.92 Å². The Balaban J connectivity index is 0.000000217. The second-order valence-electron chi connectivity index (χ2n) is 14.0. The predicted octanol–water partition coefficient (Wildman–Crippen LogP) is 12.8. The Morgan fingerprint density at radius 2 is 1.55 bits per heavy atom. The molecule has 2 nitrogen and oxygen atoms in total. The molecular weight excluding hydrogens is 833 g/mol. The first-order valence-corrected chi connectivity index (χ1v) is 22.0. The van der Waals surface area contributed by atoms with Gasteiger partial charge in [-0.1, -0.05) is 118 Å². The van der Waals surface area contributed by atoms with Crippen LogP contribution in [-0.4, -0.2) is 18.0 Å². The quantitative estimate of drug-likeness (QED) is 0.107. The fourth-order valence-corrected chi connectivity index (χ4v) is 9.02. The van der Waals surface area contributed by atoms with Crippen molar-refractivity contribution in [2.75, 3.05) is 0 Å². The third-order valence-corrected chi connectivity index (χ3v) is 12.2. The van der Waals surface area contributed by atoms with Gasteiger partial charge in [-0.25, -0.2) is 0 Å². The number of rotatable bonds is 9. The number of pyridine rings is 2. The zero-order valence-electron chi connectivity index (χ0n) is 33.6. The molecule has 0 aliphatic rings. The summed E-state index contributed by atoms with van der Waals surface area (Å²) in [7, 11) is -1.67. The van der Waals surface area contributed by atoms with E-state index in [2.05, 4.69) is 110 Å². The third-order valence-electron chi connectivity index (χ3n) is 8.96. The molecule has 0 unspecified atom stereocenters. The van der Waals surface area contributed by atoms with Crippen molar-refractivity contribution in [3.63, 3.8) is 0 Å². The maximum atomic E-state index is 8.84. The molecule has 51 heavy (non-hydrogen) atoms. The van der Waals surface area contributed by atoms with Crippen LogP contribution in [-0.2, 0) is 26.5 Å². The van der Waals surface area contributed by atoms with E-state index in [1.165, 1.54) is 31.3 Å². The summed E-state index contributed by atoms with van der Waals surface area (Å²) in [5.74, 6) is -0.659. The summed E-state index contributed by atoms with van der Waals surface area (Å²) in [5.41, 5.74) is 7.91. The fraction of sp³-hybridized carbons (Fsp3) is 0.261. The van der Waals surface area contributed by atoms with Crippen molar-refractivity contribution >= 4 is 44.8 Å². The largest absolute Gasteiger partial charge is 0.305 e. The first kappa shape index (κ1) is 34.4. The Kier molecular flexibility index (Phi) is 11.6. The molecule has 7 rings (SSSR count). The molecule has 0 amide bonds. The maximum Gasteiger partial charge on any atom is 0.0798 e. The molecule has 3 aromatic heterocycles. The summed E-state index contributed by atoms with van der Waals surface area (Å²) < 4.78 is 28.4. The van der Waals surface area contributed by atoms with Crippen LogP contribution >= 0.6 is 11.3 Å². The zero-order chi connectivity index (χ0) is 38.0. The molecule has 0 saturated heterocycles. The molecule has 0 bridgehead atoms. The molecule has 1 radical (unpaired) electrons. The van der Waals surface area contributed by atoms with Gasteiger partial charge in [-0.3, -0.25) is 0 Å². The molecule has 7 aromatic rings. The molecule has 0 spiro atoms. The van der Waals surface area contributed by atoms with Gasteiger partial charge in [0.05, 0.1) is 8.07 Å². The summed E-state index contributed by atoms with van der Waals surface area (Å²) >= 11 is 1.80. The van der Waals surface area contributed by atoms with Gasteiger partial charge in [-0.2, -0.15) is 11.3 Å².